The summed E-state index contributed by atoms with van der Waals surface area (Å²) < 4.78 is 5.58. The number of aromatic nitrogens is 1. The van der Waals surface area contributed by atoms with E-state index < -0.39 is 5.97 Å². The first-order valence-corrected chi connectivity index (χ1v) is 5.73. The van der Waals surface area contributed by atoms with E-state index in [1.165, 1.54) is 6.08 Å². The van der Waals surface area contributed by atoms with Gasteiger partial charge in [-0.15, -0.1) is 0 Å². The highest BCUT2D eigenvalue weighted by atomic mass is 16.5. The van der Waals surface area contributed by atoms with Crippen LogP contribution >= 0.6 is 0 Å². The van der Waals surface area contributed by atoms with Gasteiger partial charge < -0.3 is 9.84 Å². The molecule has 1 aromatic carbocycles. The normalized spacial score (nSPS) is 10.2. The van der Waals surface area contributed by atoms with Gasteiger partial charge in [0.15, 0.2) is 0 Å². The standard InChI is InChI=1S/C15H10N2O3/c16-10-11-3-6-13(7-4-11)20-15-12(2-1-9-17-15)5-8-14(18)19/h1-9H,(H,18,19)/b8-5+. The fourth-order valence-corrected chi connectivity index (χ4v) is 1.49. The minimum Gasteiger partial charge on any atom is -0.478 e. The van der Waals surface area contributed by atoms with Crippen molar-refractivity contribution in [2.45, 2.75) is 0 Å². The third-order valence-corrected chi connectivity index (χ3v) is 2.40. The van der Waals surface area contributed by atoms with Crippen LogP contribution in [0.4, 0.5) is 0 Å². The molecule has 2 rings (SSSR count). The smallest absolute Gasteiger partial charge is 0.328 e. The summed E-state index contributed by atoms with van der Waals surface area (Å²) in [6.45, 7) is 0. The Bertz CT molecular complexity index is 685. The number of pyridine rings is 1. The molecule has 0 saturated carbocycles. The highest BCUT2D eigenvalue weighted by Crippen LogP contribution is 2.23. The summed E-state index contributed by atoms with van der Waals surface area (Å²) in [6, 6.07) is 12.0. The van der Waals surface area contributed by atoms with E-state index in [4.69, 9.17) is 15.1 Å². The Morgan fingerprint density at radius 1 is 1.30 bits per heavy atom. The highest BCUT2D eigenvalue weighted by molar-refractivity contribution is 5.85. The van der Waals surface area contributed by atoms with Crippen molar-refractivity contribution >= 4 is 12.0 Å². The van der Waals surface area contributed by atoms with E-state index in [-0.39, 0.29) is 0 Å². The molecule has 0 aliphatic rings. The monoisotopic (exact) mass is 266 g/mol. The number of benzene rings is 1. The molecule has 0 fully saturated rings. The molecule has 0 atom stereocenters. The second-order valence-corrected chi connectivity index (χ2v) is 3.81. The van der Waals surface area contributed by atoms with Gasteiger partial charge in [-0.1, -0.05) is 0 Å². The number of hydrogen-bond donors (Lipinski definition) is 1. The molecular formula is C15H10N2O3. The number of carbonyl (C=O) groups is 1. The summed E-state index contributed by atoms with van der Waals surface area (Å²) in [5, 5.41) is 17.4. The molecule has 98 valence electrons. The summed E-state index contributed by atoms with van der Waals surface area (Å²) in [5.74, 6) is -0.222. The van der Waals surface area contributed by atoms with Crippen LogP contribution in [0.15, 0.2) is 48.7 Å². The molecule has 0 radical (unpaired) electrons. The number of ether oxygens (including phenoxy) is 1. The lowest BCUT2D eigenvalue weighted by atomic mass is 10.2. The zero-order valence-electron chi connectivity index (χ0n) is 10.4. The van der Waals surface area contributed by atoms with Crippen molar-refractivity contribution < 1.29 is 14.6 Å². The second kappa shape index (κ2) is 6.16. The number of nitrogens with zero attached hydrogens (tertiary/aromatic N) is 2. The van der Waals surface area contributed by atoms with Crippen molar-refractivity contribution in [3.05, 3.63) is 59.8 Å². The van der Waals surface area contributed by atoms with E-state index in [2.05, 4.69) is 4.98 Å². The van der Waals surface area contributed by atoms with Crippen LogP contribution in [0.2, 0.25) is 0 Å². The lowest BCUT2D eigenvalue weighted by Crippen LogP contribution is -1.92. The van der Waals surface area contributed by atoms with Gasteiger partial charge >= 0.3 is 5.97 Å². The predicted molar refractivity (Wildman–Crippen MR) is 72.1 cm³/mol. The Balaban J connectivity index is 2.24. The maximum atomic E-state index is 10.5. The molecule has 1 aromatic heterocycles. The Hall–Kier alpha value is -3.13. The van der Waals surface area contributed by atoms with Crippen LogP contribution in [0.25, 0.3) is 6.08 Å². The van der Waals surface area contributed by atoms with Crippen molar-refractivity contribution in [1.82, 2.24) is 4.98 Å². The maximum Gasteiger partial charge on any atom is 0.328 e. The molecule has 5 heteroatoms. The fourth-order valence-electron chi connectivity index (χ4n) is 1.49. The summed E-state index contributed by atoms with van der Waals surface area (Å²) in [7, 11) is 0. The average Bonchev–Trinajstić information content (AvgIpc) is 2.47. The minimum absolute atomic E-state index is 0.301. The quantitative estimate of drug-likeness (QED) is 0.860. The van der Waals surface area contributed by atoms with E-state index in [9.17, 15) is 4.79 Å². The van der Waals surface area contributed by atoms with Gasteiger partial charge in [0.1, 0.15) is 5.75 Å². The number of carboxylic acid groups (broad SMARTS) is 1. The molecule has 1 N–H and O–H groups in total. The molecule has 0 spiro atoms. The Morgan fingerprint density at radius 3 is 2.70 bits per heavy atom. The van der Waals surface area contributed by atoms with E-state index in [1.807, 2.05) is 6.07 Å². The lowest BCUT2D eigenvalue weighted by Gasteiger charge is -2.07. The Labute approximate surface area is 115 Å². The average molecular weight is 266 g/mol. The van der Waals surface area contributed by atoms with Crippen molar-refractivity contribution in [3.8, 4) is 17.7 Å². The fraction of sp³-hybridized carbons (Fsp3) is 0. The largest absolute Gasteiger partial charge is 0.478 e. The van der Waals surface area contributed by atoms with Gasteiger partial charge in [-0.05, 0) is 42.5 Å². The van der Waals surface area contributed by atoms with Gasteiger partial charge in [0.05, 0.1) is 11.6 Å². The number of hydrogen-bond acceptors (Lipinski definition) is 4. The Morgan fingerprint density at radius 2 is 2.05 bits per heavy atom. The molecular weight excluding hydrogens is 256 g/mol. The summed E-state index contributed by atoms with van der Waals surface area (Å²) in [5.41, 5.74) is 1.09. The zero-order chi connectivity index (χ0) is 14.4. The molecule has 5 nitrogen and oxygen atoms in total. The van der Waals surface area contributed by atoms with Crippen LogP contribution in [-0.2, 0) is 4.79 Å². The van der Waals surface area contributed by atoms with Gasteiger partial charge in [0, 0.05) is 17.8 Å². The minimum atomic E-state index is -1.04. The zero-order valence-corrected chi connectivity index (χ0v) is 10.4. The third-order valence-electron chi connectivity index (χ3n) is 2.40. The first-order chi connectivity index (χ1) is 9.69. The van der Waals surface area contributed by atoms with Gasteiger partial charge in [-0.2, -0.15) is 5.26 Å². The molecule has 0 saturated heterocycles. The molecule has 20 heavy (non-hydrogen) atoms. The van der Waals surface area contributed by atoms with Crippen LogP contribution < -0.4 is 4.74 Å². The van der Waals surface area contributed by atoms with E-state index in [0.29, 0.717) is 22.8 Å². The van der Waals surface area contributed by atoms with Gasteiger partial charge in [0.25, 0.3) is 0 Å². The molecule has 0 amide bonds. The van der Waals surface area contributed by atoms with Crippen LogP contribution in [-0.4, -0.2) is 16.1 Å². The highest BCUT2D eigenvalue weighted by Gasteiger charge is 2.04. The third kappa shape index (κ3) is 3.43. The van der Waals surface area contributed by atoms with Crippen molar-refractivity contribution in [2.24, 2.45) is 0 Å². The summed E-state index contributed by atoms with van der Waals surface area (Å²) in [4.78, 5) is 14.6. The van der Waals surface area contributed by atoms with Crippen LogP contribution in [0.3, 0.4) is 0 Å². The number of aliphatic carboxylic acids is 1. The maximum absolute atomic E-state index is 10.5. The van der Waals surface area contributed by atoms with Crippen LogP contribution in [0.1, 0.15) is 11.1 Å². The van der Waals surface area contributed by atoms with Crippen molar-refractivity contribution in [2.75, 3.05) is 0 Å². The van der Waals surface area contributed by atoms with Crippen molar-refractivity contribution in [1.29, 1.82) is 5.26 Å². The van der Waals surface area contributed by atoms with Crippen molar-refractivity contribution in [3.63, 3.8) is 0 Å². The Kier molecular flexibility index (Phi) is 4.10. The SMILES string of the molecule is N#Cc1ccc(Oc2ncccc2/C=C/C(=O)O)cc1. The first kappa shape index (κ1) is 13.3. The first-order valence-electron chi connectivity index (χ1n) is 5.73. The van der Waals surface area contributed by atoms with E-state index in [0.717, 1.165) is 6.08 Å². The van der Waals surface area contributed by atoms with E-state index in [1.54, 1.807) is 42.6 Å². The number of rotatable bonds is 4. The number of nitriles is 1. The molecule has 2 aromatic rings. The van der Waals surface area contributed by atoms with Gasteiger partial charge in [0.2, 0.25) is 5.88 Å². The van der Waals surface area contributed by atoms with E-state index >= 15 is 0 Å². The molecule has 1 heterocycles. The lowest BCUT2D eigenvalue weighted by molar-refractivity contribution is -0.131. The topological polar surface area (TPSA) is 83.2 Å². The predicted octanol–water partition coefficient (Wildman–Crippen LogP) is 2.84. The molecule has 0 aliphatic carbocycles. The van der Waals surface area contributed by atoms with Gasteiger partial charge in [-0.3, -0.25) is 0 Å². The summed E-state index contributed by atoms with van der Waals surface area (Å²) >= 11 is 0. The van der Waals surface area contributed by atoms with Crippen LogP contribution in [0, 0.1) is 11.3 Å². The number of carboxylic acids is 1. The molecule has 0 bridgehead atoms. The molecule has 0 aliphatic heterocycles. The second-order valence-electron chi connectivity index (χ2n) is 3.81. The van der Waals surface area contributed by atoms with Crippen LogP contribution in [0.5, 0.6) is 11.6 Å². The summed E-state index contributed by atoms with van der Waals surface area (Å²) in [6.07, 6.45) is 3.98. The molecule has 0 unspecified atom stereocenters. The van der Waals surface area contributed by atoms with Gasteiger partial charge in [-0.25, -0.2) is 9.78 Å².